The fraction of sp³-hybridized carbons (Fsp3) is 0.324. The molecule has 5 aromatic rings. The molecule has 0 amide bonds. The van der Waals surface area contributed by atoms with Crippen LogP contribution in [0.1, 0.15) is 45.8 Å². The van der Waals surface area contributed by atoms with Crippen LogP contribution in [-0.4, -0.2) is 81.6 Å². The van der Waals surface area contributed by atoms with Crippen molar-refractivity contribution in [3.8, 4) is 17.6 Å². The van der Waals surface area contributed by atoms with Gasteiger partial charge in [0.15, 0.2) is 39.2 Å². The van der Waals surface area contributed by atoms with E-state index in [9.17, 15) is 14.3 Å². The Bertz CT molecular complexity index is 1900. The minimum absolute atomic E-state index is 0.0335. The predicted molar refractivity (Wildman–Crippen MR) is 188 cm³/mol. The van der Waals surface area contributed by atoms with Gasteiger partial charge < -0.3 is 25.2 Å². The number of aliphatic hydroxyl groups excluding tert-OH is 1. The molecule has 3 heterocycles. The molecular weight excluding hydrogens is 654 g/mol. The number of halogens is 1. The Morgan fingerprint density at radius 2 is 1.90 bits per heavy atom. The lowest BCUT2D eigenvalue weighted by Crippen LogP contribution is -2.20. The van der Waals surface area contributed by atoms with Crippen molar-refractivity contribution in [3.63, 3.8) is 0 Å². The van der Waals surface area contributed by atoms with Gasteiger partial charge in [0.1, 0.15) is 0 Å². The van der Waals surface area contributed by atoms with Gasteiger partial charge in [-0.3, -0.25) is 4.90 Å². The van der Waals surface area contributed by atoms with Gasteiger partial charge in [-0.2, -0.15) is 0 Å². The van der Waals surface area contributed by atoms with E-state index in [1.165, 1.54) is 28.7 Å². The minimum atomic E-state index is -1.13. The number of carboxylic acids is 1. The number of rotatable bonds is 15. The highest BCUT2D eigenvalue weighted by Gasteiger charge is 2.21. The smallest absolute Gasteiger partial charge is 0.355 e. The second-order valence-corrected chi connectivity index (χ2v) is 13.1. The Kier molecular flexibility index (Phi) is 11.9. The number of thiazole rings is 2. The lowest BCUT2D eigenvalue weighted by Gasteiger charge is -2.15. The molecule has 0 unspecified atom stereocenters. The first-order valence-corrected chi connectivity index (χ1v) is 17.0. The monoisotopic (exact) mass is 689 g/mol. The SMILES string of the molecule is Cc1cc(N(C)c2nc(C(=O)O)c(CCCOc3ccc(C#CCN(C)CCCCO)cc3F)s2)nnc1Nc1nc2ccccc2s1. The van der Waals surface area contributed by atoms with Crippen LogP contribution in [0.4, 0.5) is 26.3 Å². The number of para-hydroxylation sites is 1. The van der Waals surface area contributed by atoms with Crippen molar-refractivity contribution >= 4 is 60.8 Å². The molecule has 0 bridgehead atoms. The number of nitrogens with one attached hydrogen (secondary N) is 1. The van der Waals surface area contributed by atoms with E-state index in [1.54, 1.807) is 24.1 Å². The van der Waals surface area contributed by atoms with Crippen molar-refractivity contribution in [2.45, 2.75) is 32.6 Å². The van der Waals surface area contributed by atoms with Crippen LogP contribution in [0.2, 0.25) is 0 Å². The van der Waals surface area contributed by atoms with Crippen LogP contribution in [0.15, 0.2) is 48.5 Å². The Labute approximate surface area is 286 Å². The van der Waals surface area contributed by atoms with Crippen LogP contribution in [-0.2, 0) is 6.42 Å². The second kappa shape index (κ2) is 16.4. The van der Waals surface area contributed by atoms with E-state index in [2.05, 4.69) is 37.3 Å². The molecule has 11 nitrogen and oxygen atoms in total. The summed E-state index contributed by atoms with van der Waals surface area (Å²) in [6, 6.07) is 14.3. The summed E-state index contributed by atoms with van der Waals surface area (Å²) in [5.41, 5.74) is 2.26. The van der Waals surface area contributed by atoms with Gasteiger partial charge in [-0.15, -0.1) is 21.5 Å². The van der Waals surface area contributed by atoms with E-state index in [4.69, 9.17) is 9.84 Å². The predicted octanol–water partition coefficient (Wildman–Crippen LogP) is 6.27. The van der Waals surface area contributed by atoms with Crippen molar-refractivity contribution in [2.75, 3.05) is 50.6 Å². The third kappa shape index (κ3) is 9.02. The maximum atomic E-state index is 14.7. The maximum absolute atomic E-state index is 14.7. The van der Waals surface area contributed by atoms with E-state index < -0.39 is 11.8 Å². The molecule has 14 heteroatoms. The number of carbonyl (C=O) groups is 1. The van der Waals surface area contributed by atoms with Crippen LogP contribution in [0.5, 0.6) is 5.75 Å². The summed E-state index contributed by atoms with van der Waals surface area (Å²) in [5.74, 6) is 5.56. The molecule has 0 atom stereocenters. The molecule has 0 fully saturated rings. The molecular formula is C34H36FN7O4S2. The zero-order valence-corrected chi connectivity index (χ0v) is 28.5. The van der Waals surface area contributed by atoms with Crippen molar-refractivity contribution in [1.29, 1.82) is 0 Å². The topological polar surface area (TPSA) is 137 Å². The van der Waals surface area contributed by atoms with E-state index >= 15 is 0 Å². The van der Waals surface area contributed by atoms with Gasteiger partial charge in [-0.25, -0.2) is 19.2 Å². The van der Waals surface area contributed by atoms with E-state index in [0.29, 0.717) is 51.7 Å². The van der Waals surface area contributed by atoms with Gasteiger partial charge >= 0.3 is 5.97 Å². The highest BCUT2D eigenvalue weighted by atomic mass is 32.1. The highest BCUT2D eigenvalue weighted by Crippen LogP contribution is 2.33. The molecule has 0 aliphatic heterocycles. The van der Waals surface area contributed by atoms with Gasteiger partial charge in [-0.05, 0) is 88.2 Å². The first kappa shape index (κ1) is 34.6. The number of unbranched alkanes of at least 4 members (excludes halogenated alkanes) is 1. The van der Waals surface area contributed by atoms with Crippen molar-refractivity contribution in [1.82, 2.24) is 25.1 Å². The van der Waals surface area contributed by atoms with Crippen LogP contribution < -0.4 is 15.0 Å². The summed E-state index contributed by atoms with van der Waals surface area (Å²) in [4.78, 5) is 25.3. The van der Waals surface area contributed by atoms with Crippen LogP contribution in [0, 0.1) is 24.6 Å². The van der Waals surface area contributed by atoms with Crippen LogP contribution in [0.25, 0.3) is 10.2 Å². The molecule has 48 heavy (non-hydrogen) atoms. The van der Waals surface area contributed by atoms with Crippen molar-refractivity contribution in [2.24, 2.45) is 0 Å². The zero-order valence-electron chi connectivity index (χ0n) is 26.9. The number of aryl methyl sites for hydroxylation is 2. The Morgan fingerprint density at radius 3 is 2.65 bits per heavy atom. The molecule has 3 N–H and O–H groups in total. The number of nitrogens with zero attached hydrogens (tertiary/aromatic N) is 6. The lowest BCUT2D eigenvalue weighted by molar-refractivity contribution is 0.0690. The molecule has 5 rings (SSSR count). The lowest BCUT2D eigenvalue weighted by atomic mass is 10.2. The summed E-state index contributed by atoms with van der Waals surface area (Å²) >= 11 is 2.78. The standard InChI is InChI=1S/C34H36FN7O4S2/c1-22-20-29(39-40-31(22)38-33-36-25-11-4-5-12-27(25)47-33)42(3)34-37-30(32(44)45)28(48-34)13-9-19-46-26-15-14-23(21-24(26)35)10-8-17-41(2)16-6-7-18-43/h4-5,11-12,14-15,20-21,43H,6-7,9,13,16-19H2,1-3H3,(H,44,45)(H,36,38,40). The first-order chi connectivity index (χ1) is 23.2. The Hall–Kier alpha value is -4.68. The van der Waals surface area contributed by atoms with E-state index in [-0.39, 0.29) is 24.7 Å². The molecule has 2 aromatic carbocycles. The Balaban J connectivity index is 1.16. The quantitative estimate of drug-likeness (QED) is 0.0848. The van der Waals surface area contributed by atoms with Crippen molar-refractivity contribution in [3.05, 3.63) is 76.0 Å². The second-order valence-electron chi connectivity index (χ2n) is 11.0. The van der Waals surface area contributed by atoms with Gasteiger partial charge in [0.05, 0.1) is 23.4 Å². The molecule has 0 spiro atoms. The number of fused-ring (bicyclic) bond motifs is 1. The molecule has 0 saturated carbocycles. The van der Waals surface area contributed by atoms with Crippen LogP contribution >= 0.6 is 22.7 Å². The van der Waals surface area contributed by atoms with Crippen molar-refractivity contribution < 1.29 is 24.1 Å². The number of carboxylic acid groups (broad SMARTS) is 1. The van der Waals surface area contributed by atoms with Gasteiger partial charge in [0, 0.05) is 24.1 Å². The highest BCUT2D eigenvalue weighted by molar-refractivity contribution is 7.22. The maximum Gasteiger partial charge on any atom is 0.355 e. The molecule has 3 aromatic heterocycles. The van der Waals surface area contributed by atoms with Gasteiger partial charge in [0.25, 0.3) is 0 Å². The molecule has 0 aliphatic rings. The number of aromatic carboxylic acids is 1. The van der Waals surface area contributed by atoms with Gasteiger partial charge in [-0.1, -0.05) is 35.3 Å². The number of ether oxygens (including phenoxy) is 1. The number of hydrogen-bond acceptors (Lipinski definition) is 12. The van der Waals surface area contributed by atoms with E-state index in [0.717, 1.165) is 35.2 Å². The summed E-state index contributed by atoms with van der Waals surface area (Å²) in [7, 11) is 3.71. The minimum Gasteiger partial charge on any atom is -0.491 e. The molecule has 250 valence electrons. The first-order valence-electron chi connectivity index (χ1n) is 15.4. The largest absolute Gasteiger partial charge is 0.491 e. The van der Waals surface area contributed by atoms with Crippen LogP contribution in [0.3, 0.4) is 0 Å². The third-order valence-corrected chi connectivity index (χ3v) is 9.42. The summed E-state index contributed by atoms with van der Waals surface area (Å²) < 4.78 is 21.4. The third-order valence-electron chi connectivity index (χ3n) is 7.28. The fourth-order valence-corrected chi connectivity index (χ4v) is 6.59. The average molecular weight is 690 g/mol. The number of aliphatic hydroxyl groups is 1. The summed E-state index contributed by atoms with van der Waals surface area (Å²) in [6.45, 7) is 3.65. The van der Waals surface area contributed by atoms with E-state index in [1.807, 2.05) is 49.2 Å². The average Bonchev–Trinajstić information content (AvgIpc) is 3.69. The number of benzene rings is 2. The van der Waals surface area contributed by atoms with Gasteiger partial charge in [0.2, 0.25) is 0 Å². The zero-order chi connectivity index (χ0) is 34.0. The molecule has 0 radical (unpaired) electrons. The molecule has 0 saturated heterocycles. The molecule has 0 aliphatic carbocycles. The number of hydrogen-bond donors (Lipinski definition) is 3. The fourth-order valence-electron chi connectivity index (χ4n) is 4.66. The number of anilines is 4. The summed E-state index contributed by atoms with van der Waals surface area (Å²) in [5, 5.41) is 31.8. The Morgan fingerprint density at radius 1 is 1.06 bits per heavy atom. The number of aromatic nitrogens is 4. The normalized spacial score (nSPS) is 11.0. The summed E-state index contributed by atoms with van der Waals surface area (Å²) in [6.07, 6.45) is 2.49.